The van der Waals surface area contributed by atoms with Crippen LogP contribution in [0.5, 0.6) is 0 Å². The number of aromatic nitrogens is 4. The number of hydrogen-bond donors (Lipinski definition) is 1. The molecule has 1 saturated carbocycles. The van der Waals surface area contributed by atoms with E-state index < -0.39 is 11.1 Å². The van der Waals surface area contributed by atoms with Gasteiger partial charge in [-0.2, -0.15) is 9.61 Å². The zero-order chi connectivity index (χ0) is 30.4. The quantitative estimate of drug-likeness (QED) is 0.229. The number of aryl methyl sites for hydroxylation is 1. The third-order valence-electron chi connectivity index (χ3n) is 8.81. The van der Waals surface area contributed by atoms with E-state index in [0.29, 0.717) is 33.1 Å². The van der Waals surface area contributed by atoms with Gasteiger partial charge >= 0.3 is 0 Å². The highest BCUT2D eigenvalue weighted by molar-refractivity contribution is 6.33. The van der Waals surface area contributed by atoms with Gasteiger partial charge < -0.3 is 5.11 Å². The van der Waals surface area contributed by atoms with Crippen molar-refractivity contribution in [3.05, 3.63) is 119 Å². The molecule has 8 nitrogen and oxygen atoms in total. The molecule has 0 atom stereocenters. The van der Waals surface area contributed by atoms with Crippen LogP contribution < -0.4 is 0 Å². The molecule has 1 aliphatic carbocycles. The lowest BCUT2D eigenvalue weighted by molar-refractivity contribution is -0.118. The average molecular weight is 600 g/mol. The van der Waals surface area contributed by atoms with Crippen LogP contribution in [-0.4, -0.2) is 47.0 Å². The lowest BCUT2D eigenvalue weighted by atomic mass is 9.61. The molecule has 44 heavy (non-hydrogen) atoms. The number of carbonyl (C=O) groups is 2. The van der Waals surface area contributed by atoms with Crippen LogP contribution in [0.25, 0.3) is 39.1 Å². The summed E-state index contributed by atoms with van der Waals surface area (Å²) in [6.45, 7) is 3.65. The van der Waals surface area contributed by atoms with Gasteiger partial charge in [0.1, 0.15) is 0 Å². The summed E-state index contributed by atoms with van der Waals surface area (Å²) >= 11 is 6.69. The molecule has 2 aliphatic rings. The first-order valence-corrected chi connectivity index (χ1v) is 14.8. The molecule has 0 bridgehead atoms. The van der Waals surface area contributed by atoms with Crippen molar-refractivity contribution >= 4 is 40.1 Å². The lowest BCUT2D eigenvalue weighted by Gasteiger charge is -2.55. The Bertz CT molecular complexity index is 2140. The zero-order valence-corrected chi connectivity index (χ0v) is 24.7. The summed E-state index contributed by atoms with van der Waals surface area (Å²) in [5, 5.41) is 16.9. The lowest BCUT2D eigenvalue weighted by Crippen LogP contribution is -2.63. The minimum atomic E-state index is -1.01. The van der Waals surface area contributed by atoms with Crippen LogP contribution in [0.3, 0.4) is 0 Å². The highest BCUT2D eigenvalue weighted by atomic mass is 35.5. The smallest absolute Gasteiger partial charge is 0.262 e. The molecule has 0 unspecified atom stereocenters. The van der Waals surface area contributed by atoms with E-state index in [4.69, 9.17) is 16.6 Å². The van der Waals surface area contributed by atoms with Crippen molar-refractivity contribution in [2.45, 2.75) is 37.8 Å². The van der Waals surface area contributed by atoms with Gasteiger partial charge in [-0.3, -0.25) is 14.5 Å². The van der Waals surface area contributed by atoms with Crippen LogP contribution in [0.1, 0.15) is 51.7 Å². The highest BCUT2D eigenvalue weighted by Gasteiger charge is 2.60. The molecule has 1 N–H and O–H groups in total. The first-order valence-electron chi connectivity index (χ1n) is 14.4. The van der Waals surface area contributed by atoms with Gasteiger partial charge in [0, 0.05) is 52.2 Å². The number of nitrogens with zero attached hydrogens (tertiary/aromatic N) is 5. The Hall–Kier alpha value is -4.92. The van der Waals surface area contributed by atoms with Crippen molar-refractivity contribution in [1.82, 2.24) is 24.5 Å². The number of halogens is 1. The summed E-state index contributed by atoms with van der Waals surface area (Å²) in [7, 11) is 0. The summed E-state index contributed by atoms with van der Waals surface area (Å²) < 4.78 is 1.74. The van der Waals surface area contributed by atoms with E-state index in [2.05, 4.69) is 10.1 Å². The fourth-order valence-corrected chi connectivity index (χ4v) is 7.21. The van der Waals surface area contributed by atoms with Crippen molar-refractivity contribution < 1.29 is 14.7 Å². The molecule has 216 valence electrons. The van der Waals surface area contributed by atoms with E-state index in [0.717, 1.165) is 33.3 Å². The second-order valence-electron chi connectivity index (χ2n) is 12.0. The molecule has 1 aliphatic heterocycles. The number of fused-ring (bicyclic) bond motifs is 4. The van der Waals surface area contributed by atoms with Gasteiger partial charge in [0.05, 0.1) is 33.7 Å². The summed E-state index contributed by atoms with van der Waals surface area (Å²) in [6, 6.07) is 26.2. The van der Waals surface area contributed by atoms with Crippen molar-refractivity contribution in [3.63, 3.8) is 0 Å². The Morgan fingerprint density at radius 3 is 2.11 bits per heavy atom. The second kappa shape index (κ2) is 9.29. The molecule has 6 aromatic rings. The van der Waals surface area contributed by atoms with Crippen LogP contribution >= 0.6 is 11.6 Å². The topological polar surface area (TPSA) is 101 Å². The van der Waals surface area contributed by atoms with E-state index in [9.17, 15) is 14.7 Å². The number of imide groups is 1. The summed E-state index contributed by atoms with van der Waals surface area (Å²) in [4.78, 5) is 38.2. The van der Waals surface area contributed by atoms with E-state index in [1.165, 1.54) is 4.90 Å². The molecule has 0 spiro atoms. The van der Waals surface area contributed by atoms with Crippen LogP contribution in [-0.2, 0) is 5.54 Å². The Morgan fingerprint density at radius 1 is 0.841 bits per heavy atom. The van der Waals surface area contributed by atoms with E-state index in [1.807, 2.05) is 67.6 Å². The first kappa shape index (κ1) is 26.7. The number of carbonyl (C=O) groups excluding carboxylic acids is 2. The summed E-state index contributed by atoms with van der Waals surface area (Å²) in [5.74, 6) is -0.677. The molecule has 0 radical (unpaired) electrons. The number of aliphatic hydroxyl groups is 1. The number of rotatable bonds is 4. The summed E-state index contributed by atoms with van der Waals surface area (Å²) in [5.41, 5.74) is 4.97. The third kappa shape index (κ3) is 3.84. The predicted octanol–water partition coefficient (Wildman–Crippen LogP) is 6.61. The Labute approximate surface area is 257 Å². The van der Waals surface area contributed by atoms with Crippen LogP contribution in [0, 0.1) is 6.92 Å². The van der Waals surface area contributed by atoms with Gasteiger partial charge in [-0.15, -0.1) is 0 Å². The number of amides is 2. The molecule has 4 heterocycles. The molecule has 8 rings (SSSR count). The molecule has 9 heteroatoms. The molecule has 0 saturated heterocycles. The van der Waals surface area contributed by atoms with E-state index in [1.54, 1.807) is 41.9 Å². The van der Waals surface area contributed by atoms with Gasteiger partial charge in [0.25, 0.3) is 11.8 Å². The van der Waals surface area contributed by atoms with E-state index in [-0.39, 0.29) is 24.7 Å². The van der Waals surface area contributed by atoms with Gasteiger partial charge in [-0.05, 0) is 43.7 Å². The summed E-state index contributed by atoms with van der Waals surface area (Å²) in [6.07, 6.45) is 2.28. The van der Waals surface area contributed by atoms with Crippen LogP contribution in [0.4, 0.5) is 0 Å². The Kier molecular flexibility index (Phi) is 5.63. The Balaban J connectivity index is 1.28. The van der Waals surface area contributed by atoms with E-state index >= 15 is 0 Å². The average Bonchev–Trinajstić information content (AvgIpc) is 3.51. The Morgan fingerprint density at radius 2 is 1.48 bits per heavy atom. The zero-order valence-electron chi connectivity index (χ0n) is 24.0. The largest absolute Gasteiger partial charge is 0.390 e. The van der Waals surface area contributed by atoms with Gasteiger partial charge in [0.15, 0.2) is 11.3 Å². The highest BCUT2D eigenvalue weighted by Crippen LogP contribution is 2.54. The minimum Gasteiger partial charge on any atom is -0.390 e. The maximum Gasteiger partial charge on any atom is 0.262 e. The number of benzene rings is 3. The maximum atomic E-state index is 13.6. The second-order valence-corrected chi connectivity index (χ2v) is 12.4. The van der Waals surface area contributed by atoms with Crippen molar-refractivity contribution in [1.29, 1.82) is 0 Å². The van der Waals surface area contributed by atoms with Gasteiger partial charge in [-0.1, -0.05) is 66.2 Å². The van der Waals surface area contributed by atoms with Gasteiger partial charge in [0.2, 0.25) is 0 Å². The molecule has 2 amide bonds. The van der Waals surface area contributed by atoms with Crippen LogP contribution in [0.2, 0.25) is 5.02 Å². The fourth-order valence-electron chi connectivity index (χ4n) is 6.97. The maximum absolute atomic E-state index is 13.6. The predicted molar refractivity (Wildman–Crippen MR) is 167 cm³/mol. The van der Waals surface area contributed by atoms with Crippen LogP contribution in [0.15, 0.2) is 91.1 Å². The SMILES string of the molecule is Cc1cc2ncc3cc(-c4ccccc4Cl)c(-c4ccc([C@]5(N6C(=O)c7ccccc7C6=O)C[C@@](C)(O)C5)cc4)nc3n2n1. The molecule has 3 aromatic heterocycles. The number of pyridine rings is 1. The van der Waals surface area contributed by atoms with Gasteiger partial charge in [-0.25, -0.2) is 9.97 Å². The molecular formula is C35H26ClN5O3. The fraction of sp³-hybridized carbons (Fsp3) is 0.171. The molecule has 1 fully saturated rings. The molecule has 3 aromatic carbocycles. The van der Waals surface area contributed by atoms with Crippen molar-refractivity contribution in [3.8, 4) is 22.4 Å². The molecular weight excluding hydrogens is 574 g/mol. The number of hydrogen-bond acceptors (Lipinski definition) is 6. The first-order chi connectivity index (χ1) is 21.1. The standard InChI is InChI=1S/C35H26ClN5O3/c1-20-15-29-37-17-22-16-27(24-7-5-6-10-28(24)36)30(38-31(22)41(29)39-20)21-11-13-23(14-12-21)35(18-34(2,44)19-35)40-32(42)25-8-3-4-9-26(25)33(40)43/h3-17,44H,18-19H2,1-2H3/t34-,35+. The van der Waals surface area contributed by atoms with Crippen molar-refractivity contribution in [2.24, 2.45) is 0 Å². The normalized spacial score (nSPS) is 21.2. The third-order valence-corrected chi connectivity index (χ3v) is 9.14. The monoisotopic (exact) mass is 599 g/mol. The minimum absolute atomic E-state index is 0.244. The van der Waals surface area contributed by atoms with Crippen molar-refractivity contribution in [2.75, 3.05) is 0 Å².